The lowest BCUT2D eigenvalue weighted by molar-refractivity contribution is -0.892. The van der Waals surface area contributed by atoms with E-state index in [0.29, 0.717) is 30.9 Å². The van der Waals surface area contributed by atoms with E-state index < -0.39 is 0 Å². The number of rotatable bonds is 4. The number of phenols is 2. The Hall–Kier alpha value is -2.60. The van der Waals surface area contributed by atoms with E-state index in [1.807, 2.05) is 11.0 Å². The number of Topliss-reactive ketones (excluding diaryl/α,β-unsaturated/α-hetero) is 1. The number of nitrogens with one attached hydrogen (secondary N) is 1. The van der Waals surface area contributed by atoms with E-state index in [1.165, 1.54) is 24.3 Å². The first-order valence-corrected chi connectivity index (χ1v) is 7.93. The Morgan fingerprint density at radius 3 is 2.46 bits per heavy atom. The molecule has 0 aliphatic carbocycles. The Balaban J connectivity index is 1.58. The number of carbonyl (C=O) groups is 1. The molecule has 3 N–H and O–H groups in total. The first-order chi connectivity index (χ1) is 11.5. The van der Waals surface area contributed by atoms with Crippen LogP contribution in [0.15, 0.2) is 42.5 Å². The van der Waals surface area contributed by atoms with Crippen LogP contribution < -0.4 is 9.80 Å². The van der Waals surface area contributed by atoms with Crippen molar-refractivity contribution < 1.29 is 24.3 Å². The lowest BCUT2D eigenvalue weighted by atomic mass is 10.1. The van der Waals surface area contributed by atoms with Gasteiger partial charge in [-0.2, -0.15) is 0 Å². The van der Waals surface area contributed by atoms with Crippen LogP contribution in [0.4, 0.5) is 10.1 Å². The Bertz CT molecular complexity index is 743. The highest BCUT2D eigenvalue weighted by Gasteiger charge is 2.24. The quantitative estimate of drug-likeness (QED) is 0.573. The van der Waals surface area contributed by atoms with Crippen molar-refractivity contribution in [2.24, 2.45) is 0 Å². The zero-order chi connectivity index (χ0) is 17.1. The van der Waals surface area contributed by atoms with Crippen molar-refractivity contribution in [2.45, 2.75) is 0 Å². The normalized spacial score (nSPS) is 15.5. The summed E-state index contributed by atoms with van der Waals surface area (Å²) in [5.41, 5.74) is 0.987. The molecule has 0 bridgehead atoms. The first kappa shape index (κ1) is 16.3. The summed E-state index contributed by atoms with van der Waals surface area (Å²) in [6.45, 7) is 3.17. The number of aromatic hydroxyl groups is 2. The average molecular weight is 331 g/mol. The molecule has 0 unspecified atom stereocenters. The second-order valence-electron chi connectivity index (χ2n) is 5.99. The van der Waals surface area contributed by atoms with Crippen LogP contribution in [0, 0.1) is 5.82 Å². The lowest BCUT2D eigenvalue weighted by Gasteiger charge is -2.33. The van der Waals surface area contributed by atoms with Crippen LogP contribution in [0.3, 0.4) is 0 Å². The largest absolute Gasteiger partial charge is 0.504 e. The molecule has 0 spiro atoms. The van der Waals surface area contributed by atoms with Crippen LogP contribution in [-0.2, 0) is 0 Å². The van der Waals surface area contributed by atoms with Crippen LogP contribution >= 0.6 is 0 Å². The first-order valence-electron chi connectivity index (χ1n) is 7.93. The summed E-state index contributed by atoms with van der Waals surface area (Å²) >= 11 is 0. The number of carbonyl (C=O) groups excluding carboxylic acids is 1. The third kappa shape index (κ3) is 3.49. The van der Waals surface area contributed by atoms with Crippen LogP contribution in [-0.4, -0.2) is 48.7 Å². The highest BCUT2D eigenvalue weighted by Crippen LogP contribution is 2.24. The van der Waals surface area contributed by atoms with E-state index in [-0.39, 0.29) is 23.1 Å². The Kier molecular flexibility index (Phi) is 4.66. The molecule has 2 aromatic carbocycles. The number of ketones is 1. The second kappa shape index (κ2) is 6.88. The van der Waals surface area contributed by atoms with Crippen molar-refractivity contribution in [3.8, 4) is 11.5 Å². The minimum Gasteiger partial charge on any atom is -0.504 e. The summed E-state index contributed by atoms with van der Waals surface area (Å²) in [4.78, 5) is 15.4. The number of hydrogen-bond donors (Lipinski definition) is 3. The van der Waals surface area contributed by atoms with Crippen molar-refractivity contribution in [2.75, 3.05) is 37.6 Å². The zero-order valence-corrected chi connectivity index (χ0v) is 13.2. The van der Waals surface area contributed by atoms with Gasteiger partial charge in [0.25, 0.3) is 0 Å². The zero-order valence-electron chi connectivity index (χ0n) is 13.2. The Labute approximate surface area is 139 Å². The number of piperazine rings is 1. The highest BCUT2D eigenvalue weighted by molar-refractivity contribution is 5.97. The molecule has 0 radical (unpaired) electrons. The van der Waals surface area contributed by atoms with Crippen molar-refractivity contribution in [3.05, 3.63) is 53.8 Å². The van der Waals surface area contributed by atoms with Gasteiger partial charge >= 0.3 is 0 Å². The SMILES string of the molecule is O=C(C[NH+]1CCN(c2ccccc2F)CC1)c1ccc(O)c(O)c1. The molecule has 5 nitrogen and oxygen atoms in total. The summed E-state index contributed by atoms with van der Waals surface area (Å²) in [6, 6.07) is 10.8. The van der Waals surface area contributed by atoms with Gasteiger partial charge in [-0.1, -0.05) is 12.1 Å². The number of para-hydroxylation sites is 1. The second-order valence-corrected chi connectivity index (χ2v) is 5.99. The van der Waals surface area contributed by atoms with Crippen LogP contribution in [0.1, 0.15) is 10.4 Å². The predicted octanol–water partition coefficient (Wildman–Crippen LogP) is 0.825. The fourth-order valence-corrected chi connectivity index (χ4v) is 2.97. The molecule has 24 heavy (non-hydrogen) atoms. The van der Waals surface area contributed by atoms with Crippen LogP contribution in [0.5, 0.6) is 11.5 Å². The van der Waals surface area contributed by atoms with E-state index in [4.69, 9.17) is 0 Å². The van der Waals surface area contributed by atoms with Gasteiger partial charge in [0, 0.05) is 5.56 Å². The standard InChI is InChI=1S/C18H19FN2O3/c19-14-3-1-2-4-15(14)21-9-7-20(8-10-21)12-18(24)13-5-6-16(22)17(23)11-13/h1-6,11,22-23H,7-10,12H2/p+1. The maximum absolute atomic E-state index is 13.8. The molecule has 1 aliphatic heterocycles. The Morgan fingerprint density at radius 2 is 1.79 bits per heavy atom. The molecule has 0 saturated carbocycles. The molecule has 6 heteroatoms. The summed E-state index contributed by atoms with van der Waals surface area (Å²) < 4.78 is 13.8. The van der Waals surface area contributed by atoms with Gasteiger partial charge in [0.15, 0.2) is 11.5 Å². The van der Waals surface area contributed by atoms with Gasteiger partial charge in [-0.25, -0.2) is 4.39 Å². The van der Waals surface area contributed by atoms with Gasteiger partial charge in [0.05, 0.1) is 31.9 Å². The molecule has 2 aromatic rings. The Morgan fingerprint density at radius 1 is 1.08 bits per heavy atom. The summed E-state index contributed by atoms with van der Waals surface area (Å²) in [5, 5.41) is 18.8. The van der Waals surface area contributed by atoms with Gasteiger partial charge in [-0.15, -0.1) is 0 Å². The minimum atomic E-state index is -0.291. The van der Waals surface area contributed by atoms with Crippen LogP contribution in [0.25, 0.3) is 0 Å². The third-order valence-electron chi connectivity index (χ3n) is 4.37. The molecule has 0 aromatic heterocycles. The molecule has 1 fully saturated rings. The van der Waals surface area contributed by atoms with Gasteiger partial charge in [-0.05, 0) is 30.3 Å². The fraction of sp³-hybridized carbons (Fsp3) is 0.278. The molecule has 1 saturated heterocycles. The molecule has 1 aliphatic rings. The van der Waals surface area contributed by atoms with E-state index >= 15 is 0 Å². The molecule has 126 valence electrons. The summed E-state index contributed by atoms with van der Waals surface area (Å²) in [5.74, 6) is -0.839. The number of halogens is 1. The molecule has 1 heterocycles. The van der Waals surface area contributed by atoms with Gasteiger partial charge in [-0.3, -0.25) is 4.79 Å². The van der Waals surface area contributed by atoms with E-state index in [1.54, 1.807) is 12.1 Å². The van der Waals surface area contributed by atoms with Crippen molar-refractivity contribution in [3.63, 3.8) is 0 Å². The third-order valence-corrected chi connectivity index (χ3v) is 4.37. The van der Waals surface area contributed by atoms with Crippen molar-refractivity contribution in [1.29, 1.82) is 0 Å². The number of phenolic OH excluding ortho intramolecular Hbond substituents is 2. The topological polar surface area (TPSA) is 65.2 Å². The van der Waals surface area contributed by atoms with E-state index in [9.17, 15) is 19.4 Å². The summed E-state index contributed by atoms with van der Waals surface area (Å²) in [7, 11) is 0. The maximum Gasteiger partial charge on any atom is 0.217 e. The van der Waals surface area contributed by atoms with Crippen molar-refractivity contribution >= 4 is 11.5 Å². The molecular weight excluding hydrogens is 311 g/mol. The number of nitrogens with zero attached hydrogens (tertiary/aromatic N) is 1. The maximum atomic E-state index is 13.8. The lowest BCUT2D eigenvalue weighted by Crippen LogP contribution is -3.15. The number of benzene rings is 2. The molecule has 0 amide bonds. The minimum absolute atomic E-state index is 0.0837. The smallest absolute Gasteiger partial charge is 0.217 e. The van der Waals surface area contributed by atoms with Crippen LogP contribution in [0.2, 0.25) is 0 Å². The molecular formula is C18H20FN2O3+. The molecule has 3 rings (SSSR count). The highest BCUT2D eigenvalue weighted by atomic mass is 19.1. The average Bonchev–Trinajstić information content (AvgIpc) is 2.58. The fourth-order valence-electron chi connectivity index (χ4n) is 2.97. The number of quaternary nitrogens is 1. The number of hydrogen-bond acceptors (Lipinski definition) is 4. The van der Waals surface area contributed by atoms with Gasteiger partial charge in [0.1, 0.15) is 12.4 Å². The van der Waals surface area contributed by atoms with Crippen molar-refractivity contribution in [1.82, 2.24) is 0 Å². The molecule has 0 atom stereocenters. The van der Waals surface area contributed by atoms with E-state index in [0.717, 1.165) is 18.0 Å². The van der Waals surface area contributed by atoms with E-state index in [2.05, 4.69) is 0 Å². The van der Waals surface area contributed by atoms with Gasteiger partial charge < -0.3 is 20.0 Å². The summed E-state index contributed by atoms with van der Waals surface area (Å²) in [6.07, 6.45) is 0. The monoisotopic (exact) mass is 331 g/mol. The number of anilines is 1. The van der Waals surface area contributed by atoms with Gasteiger partial charge in [0.2, 0.25) is 5.78 Å². The predicted molar refractivity (Wildman–Crippen MR) is 88.3 cm³/mol.